The lowest BCUT2D eigenvalue weighted by Crippen LogP contribution is -2.29. The predicted molar refractivity (Wildman–Crippen MR) is 71.1 cm³/mol. The average Bonchev–Trinajstić information content (AvgIpc) is 2.37. The van der Waals surface area contributed by atoms with E-state index in [0.29, 0.717) is 6.04 Å². The van der Waals surface area contributed by atoms with Gasteiger partial charge in [-0.25, -0.2) is 0 Å². The summed E-state index contributed by atoms with van der Waals surface area (Å²) in [6, 6.07) is 4.79. The number of aromatic nitrogens is 1. The fourth-order valence-electron chi connectivity index (χ4n) is 2.00. The molecule has 1 rings (SSSR count). The highest BCUT2D eigenvalue weighted by Gasteiger charge is 2.07. The van der Waals surface area contributed by atoms with Gasteiger partial charge in [0, 0.05) is 32.2 Å². The monoisotopic (exact) mass is 236 g/mol. The minimum Gasteiger partial charge on any atom is -0.385 e. The van der Waals surface area contributed by atoms with E-state index >= 15 is 0 Å². The average molecular weight is 236 g/mol. The molecule has 0 spiro atoms. The Hall–Kier alpha value is -0.930. The standard InChI is InChI=1S/C14H24N2O/c1-3-16-14(5-4-12-17-2)7-6-13-8-10-15-11-9-13/h8-11,14,16H,3-7,12H2,1-2H3. The number of nitrogens with zero attached hydrogens (tertiary/aromatic N) is 1. The lowest BCUT2D eigenvalue weighted by molar-refractivity contribution is 0.188. The third kappa shape index (κ3) is 6.39. The third-order valence-electron chi connectivity index (χ3n) is 2.92. The Morgan fingerprint density at radius 2 is 2.06 bits per heavy atom. The van der Waals surface area contributed by atoms with Crippen molar-refractivity contribution in [1.29, 1.82) is 0 Å². The van der Waals surface area contributed by atoms with Gasteiger partial charge in [-0.3, -0.25) is 4.98 Å². The molecular weight excluding hydrogens is 212 g/mol. The van der Waals surface area contributed by atoms with Crippen LogP contribution in [0.25, 0.3) is 0 Å². The van der Waals surface area contributed by atoms with Crippen LogP contribution in [-0.2, 0) is 11.2 Å². The fraction of sp³-hybridized carbons (Fsp3) is 0.643. The zero-order chi connectivity index (χ0) is 12.3. The van der Waals surface area contributed by atoms with Gasteiger partial charge in [-0.15, -0.1) is 0 Å². The van der Waals surface area contributed by atoms with Crippen LogP contribution in [-0.4, -0.2) is 31.3 Å². The van der Waals surface area contributed by atoms with E-state index in [0.717, 1.165) is 26.0 Å². The molecule has 3 heteroatoms. The number of hydrogen-bond donors (Lipinski definition) is 1. The summed E-state index contributed by atoms with van der Waals surface area (Å²) in [5.41, 5.74) is 1.37. The van der Waals surface area contributed by atoms with Crippen LogP contribution in [0.3, 0.4) is 0 Å². The first-order valence-electron chi connectivity index (χ1n) is 6.48. The number of pyridine rings is 1. The molecule has 1 N–H and O–H groups in total. The van der Waals surface area contributed by atoms with E-state index in [1.165, 1.54) is 18.4 Å². The predicted octanol–water partition coefficient (Wildman–Crippen LogP) is 2.42. The zero-order valence-electron chi connectivity index (χ0n) is 11.0. The van der Waals surface area contributed by atoms with Gasteiger partial charge in [-0.1, -0.05) is 6.92 Å². The summed E-state index contributed by atoms with van der Waals surface area (Å²) in [4.78, 5) is 4.04. The number of nitrogens with one attached hydrogen (secondary N) is 1. The van der Waals surface area contributed by atoms with Crippen molar-refractivity contribution in [3.05, 3.63) is 30.1 Å². The van der Waals surface area contributed by atoms with E-state index < -0.39 is 0 Å². The second-order valence-electron chi connectivity index (χ2n) is 4.28. The lowest BCUT2D eigenvalue weighted by Gasteiger charge is -2.17. The van der Waals surface area contributed by atoms with E-state index in [4.69, 9.17) is 4.74 Å². The molecule has 0 saturated carbocycles. The van der Waals surface area contributed by atoms with Crippen LogP contribution in [0.15, 0.2) is 24.5 Å². The van der Waals surface area contributed by atoms with Gasteiger partial charge in [0.25, 0.3) is 0 Å². The summed E-state index contributed by atoms with van der Waals surface area (Å²) >= 11 is 0. The first-order valence-corrected chi connectivity index (χ1v) is 6.48. The molecule has 1 aromatic rings. The van der Waals surface area contributed by atoms with Crippen LogP contribution in [0, 0.1) is 0 Å². The van der Waals surface area contributed by atoms with E-state index in [2.05, 4.69) is 29.4 Å². The molecule has 0 aliphatic rings. The normalized spacial score (nSPS) is 12.6. The number of hydrogen-bond acceptors (Lipinski definition) is 3. The van der Waals surface area contributed by atoms with Gasteiger partial charge in [-0.05, 0) is 49.9 Å². The van der Waals surface area contributed by atoms with Crippen LogP contribution < -0.4 is 5.32 Å². The van der Waals surface area contributed by atoms with Crippen LogP contribution in [0.2, 0.25) is 0 Å². The second-order valence-corrected chi connectivity index (χ2v) is 4.28. The van der Waals surface area contributed by atoms with E-state index in [-0.39, 0.29) is 0 Å². The van der Waals surface area contributed by atoms with Crippen molar-refractivity contribution in [3.8, 4) is 0 Å². The van der Waals surface area contributed by atoms with E-state index in [9.17, 15) is 0 Å². The highest BCUT2D eigenvalue weighted by atomic mass is 16.5. The van der Waals surface area contributed by atoms with Crippen molar-refractivity contribution in [3.63, 3.8) is 0 Å². The molecule has 0 aromatic carbocycles. The molecule has 3 nitrogen and oxygen atoms in total. The molecule has 0 radical (unpaired) electrons. The Morgan fingerprint density at radius 1 is 1.29 bits per heavy atom. The van der Waals surface area contributed by atoms with Gasteiger partial charge < -0.3 is 10.1 Å². The maximum absolute atomic E-state index is 5.10. The molecule has 1 unspecified atom stereocenters. The molecule has 0 amide bonds. The van der Waals surface area contributed by atoms with Gasteiger partial charge in [0.05, 0.1) is 0 Å². The minimum atomic E-state index is 0.600. The summed E-state index contributed by atoms with van der Waals surface area (Å²) in [6.45, 7) is 4.06. The second kappa shape index (κ2) is 9.14. The Labute approximate surface area is 105 Å². The number of methoxy groups -OCH3 is 1. The number of aryl methyl sites for hydroxylation is 1. The fourth-order valence-corrected chi connectivity index (χ4v) is 2.00. The molecule has 0 fully saturated rings. The maximum atomic E-state index is 5.10. The first kappa shape index (κ1) is 14.1. The summed E-state index contributed by atoms with van der Waals surface area (Å²) in [7, 11) is 1.76. The highest BCUT2D eigenvalue weighted by Crippen LogP contribution is 2.08. The quantitative estimate of drug-likeness (QED) is 0.669. The number of ether oxygens (including phenoxy) is 1. The van der Waals surface area contributed by atoms with Crippen LogP contribution in [0.1, 0.15) is 31.7 Å². The molecule has 0 aliphatic heterocycles. The topological polar surface area (TPSA) is 34.1 Å². The summed E-state index contributed by atoms with van der Waals surface area (Å²) in [5, 5.41) is 3.54. The van der Waals surface area contributed by atoms with E-state index in [1.54, 1.807) is 7.11 Å². The Bertz CT molecular complexity index is 277. The lowest BCUT2D eigenvalue weighted by atomic mass is 10.0. The van der Waals surface area contributed by atoms with Gasteiger partial charge in [0.1, 0.15) is 0 Å². The van der Waals surface area contributed by atoms with Crippen molar-refractivity contribution >= 4 is 0 Å². The molecule has 0 bridgehead atoms. The maximum Gasteiger partial charge on any atom is 0.0462 e. The zero-order valence-corrected chi connectivity index (χ0v) is 11.0. The largest absolute Gasteiger partial charge is 0.385 e. The van der Waals surface area contributed by atoms with Crippen molar-refractivity contribution in [2.24, 2.45) is 0 Å². The molecule has 96 valence electrons. The van der Waals surface area contributed by atoms with Gasteiger partial charge >= 0.3 is 0 Å². The van der Waals surface area contributed by atoms with Gasteiger partial charge in [-0.2, -0.15) is 0 Å². The Morgan fingerprint density at radius 3 is 2.71 bits per heavy atom. The summed E-state index contributed by atoms with van der Waals surface area (Å²) in [5.74, 6) is 0. The summed E-state index contributed by atoms with van der Waals surface area (Å²) in [6.07, 6.45) is 8.34. The van der Waals surface area contributed by atoms with Crippen LogP contribution in [0.4, 0.5) is 0 Å². The Kier molecular flexibility index (Phi) is 7.60. The number of rotatable bonds is 9. The Balaban J connectivity index is 2.28. The molecule has 1 atom stereocenters. The smallest absolute Gasteiger partial charge is 0.0462 e. The minimum absolute atomic E-state index is 0.600. The van der Waals surface area contributed by atoms with Crippen molar-refractivity contribution < 1.29 is 4.74 Å². The third-order valence-corrected chi connectivity index (χ3v) is 2.92. The van der Waals surface area contributed by atoms with E-state index in [1.807, 2.05) is 12.4 Å². The first-order chi connectivity index (χ1) is 8.36. The molecule has 1 aromatic heterocycles. The summed E-state index contributed by atoms with van der Waals surface area (Å²) < 4.78 is 5.10. The molecule has 0 aliphatic carbocycles. The molecule has 0 saturated heterocycles. The van der Waals surface area contributed by atoms with Crippen LogP contribution >= 0.6 is 0 Å². The van der Waals surface area contributed by atoms with Gasteiger partial charge in [0.2, 0.25) is 0 Å². The highest BCUT2D eigenvalue weighted by molar-refractivity contribution is 5.09. The van der Waals surface area contributed by atoms with Crippen molar-refractivity contribution in [2.45, 2.75) is 38.6 Å². The molecular formula is C14H24N2O. The SMILES string of the molecule is CCNC(CCCOC)CCc1ccncc1. The molecule has 17 heavy (non-hydrogen) atoms. The van der Waals surface area contributed by atoms with Gasteiger partial charge in [0.15, 0.2) is 0 Å². The van der Waals surface area contributed by atoms with Crippen molar-refractivity contribution in [1.82, 2.24) is 10.3 Å². The molecule has 1 heterocycles. The van der Waals surface area contributed by atoms with Crippen LogP contribution in [0.5, 0.6) is 0 Å². The van der Waals surface area contributed by atoms with Crippen molar-refractivity contribution in [2.75, 3.05) is 20.3 Å².